The molecule has 0 aliphatic heterocycles. The van der Waals surface area contributed by atoms with E-state index in [0.717, 1.165) is 0 Å². The van der Waals surface area contributed by atoms with Crippen LogP contribution in [0.1, 0.15) is 40.0 Å². The first-order chi connectivity index (χ1) is 5.49. The van der Waals surface area contributed by atoms with E-state index in [0.29, 0.717) is 6.42 Å². The maximum Gasteiger partial charge on any atom is 0.248 e. The Hall–Kier alpha value is -0.470. The van der Waals surface area contributed by atoms with Crippen molar-refractivity contribution in [1.82, 2.24) is 0 Å². The Morgan fingerprint density at radius 2 is 1.83 bits per heavy atom. The van der Waals surface area contributed by atoms with Gasteiger partial charge in [-0.3, -0.25) is 0 Å². The average molecular weight is 178 g/mol. The molecule has 0 bridgehead atoms. The fourth-order valence-electron chi connectivity index (χ4n) is 1.34. The molecule has 0 radical (unpaired) electrons. The predicted octanol–water partition coefficient (Wildman–Crippen LogP) is 3.04. The average Bonchev–Trinajstić information content (AvgIpc) is 1.87. The van der Waals surface area contributed by atoms with Crippen LogP contribution < -0.4 is 0 Å². The van der Waals surface area contributed by atoms with Crippen molar-refractivity contribution in [1.29, 1.82) is 0 Å². The molecule has 1 nitrogen and oxygen atoms in total. The molecule has 0 N–H and O–H groups in total. The zero-order valence-corrected chi connectivity index (χ0v) is 7.86. The highest BCUT2D eigenvalue weighted by Gasteiger charge is 2.45. The molecule has 12 heavy (non-hydrogen) atoms. The highest BCUT2D eigenvalue weighted by Crippen LogP contribution is 2.43. The third-order valence-electron chi connectivity index (χ3n) is 1.75. The van der Waals surface area contributed by atoms with Crippen LogP contribution in [0.15, 0.2) is 0 Å². The molecular weight excluding hydrogens is 162 g/mol. The van der Waals surface area contributed by atoms with Crippen LogP contribution in [-0.4, -0.2) is 11.7 Å². The molecule has 0 aromatic heterocycles. The van der Waals surface area contributed by atoms with Gasteiger partial charge in [0.15, 0.2) is 0 Å². The summed E-state index contributed by atoms with van der Waals surface area (Å²) in [6.07, 6.45) is 0.148. The summed E-state index contributed by atoms with van der Waals surface area (Å²) in [5.74, 6) is -2.51. The van der Waals surface area contributed by atoms with Gasteiger partial charge in [0.2, 0.25) is 5.92 Å². The van der Waals surface area contributed by atoms with E-state index >= 15 is 0 Å². The number of rotatable bonds is 2. The second-order valence-corrected chi connectivity index (χ2v) is 3.04. The van der Waals surface area contributed by atoms with Crippen LogP contribution in [0.4, 0.5) is 8.78 Å². The van der Waals surface area contributed by atoms with Gasteiger partial charge in [0.25, 0.3) is 0 Å². The molecule has 0 amide bonds. The number of hydrogen-bond acceptors (Lipinski definition) is 1. The highest BCUT2D eigenvalue weighted by molar-refractivity contribution is 5.75. The molecule has 0 heterocycles. The maximum absolute atomic E-state index is 12.1. The Morgan fingerprint density at radius 3 is 2.08 bits per heavy atom. The number of halogens is 2. The molecule has 0 saturated heterocycles. The van der Waals surface area contributed by atoms with Crippen molar-refractivity contribution in [3.8, 4) is 0 Å². The van der Waals surface area contributed by atoms with Gasteiger partial charge in [0.1, 0.15) is 5.78 Å². The Bertz CT molecular complexity index is 147. The van der Waals surface area contributed by atoms with Gasteiger partial charge in [0, 0.05) is 19.3 Å². The molecule has 72 valence electrons. The van der Waals surface area contributed by atoms with E-state index in [2.05, 4.69) is 0 Å². The van der Waals surface area contributed by atoms with Crippen molar-refractivity contribution in [2.75, 3.05) is 0 Å². The van der Waals surface area contributed by atoms with E-state index in [1.807, 2.05) is 13.8 Å². The standard InChI is InChI=1S/C7H10F2O.C2H6/c1-5(10)2-6-3-7(8,9)4-6;1-2/h6H,2-4H2,1H3;1-2H3. The van der Waals surface area contributed by atoms with E-state index in [4.69, 9.17) is 0 Å². The minimum absolute atomic E-state index is 0.0144. The van der Waals surface area contributed by atoms with Gasteiger partial charge >= 0.3 is 0 Å². The van der Waals surface area contributed by atoms with E-state index in [9.17, 15) is 13.6 Å². The number of Topliss-reactive ketones (excluding diaryl/α,β-unsaturated/α-hetero) is 1. The van der Waals surface area contributed by atoms with Gasteiger partial charge in [-0.25, -0.2) is 8.78 Å². The second kappa shape index (κ2) is 4.53. The van der Waals surface area contributed by atoms with E-state index < -0.39 is 5.92 Å². The van der Waals surface area contributed by atoms with E-state index in [1.165, 1.54) is 6.92 Å². The van der Waals surface area contributed by atoms with Gasteiger partial charge in [-0.15, -0.1) is 0 Å². The molecule has 1 aliphatic rings. The molecule has 3 heteroatoms. The number of alkyl halides is 2. The molecule has 1 fully saturated rings. The molecule has 1 saturated carbocycles. The van der Waals surface area contributed by atoms with Crippen LogP contribution in [0.3, 0.4) is 0 Å². The third-order valence-corrected chi connectivity index (χ3v) is 1.75. The summed E-state index contributed by atoms with van der Waals surface area (Å²) in [4.78, 5) is 10.4. The topological polar surface area (TPSA) is 17.1 Å². The van der Waals surface area contributed by atoms with Gasteiger partial charge in [-0.05, 0) is 12.8 Å². The third kappa shape index (κ3) is 3.79. The number of ketones is 1. The van der Waals surface area contributed by atoms with Crippen molar-refractivity contribution < 1.29 is 13.6 Å². The summed E-state index contributed by atoms with van der Waals surface area (Å²) >= 11 is 0. The number of hydrogen-bond donors (Lipinski definition) is 0. The summed E-state index contributed by atoms with van der Waals surface area (Å²) < 4.78 is 24.3. The van der Waals surface area contributed by atoms with Crippen LogP contribution in [0.25, 0.3) is 0 Å². The first-order valence-corrected chi connectivity index (χ1v) is 4.37. The second-order valence-electron chi connectivity index (χ2n) is 3.04. The SMILES string of the molecule is CC.CC(=O)CC1CC(F)(F)C1. The molecule has 0 aromatic carbocycles. The first-order valence-electron chi connectivity index (χ1n) is 4.37. The largest absolute Gasteiger partial charge is 0.300 e. The summed E-state index contributed by atoms with van der Waals surface area (Å²) in [6.45, 7) is 5.44. The van der Waals surface area contributed by atoms with Crippen LogP contribution in [-0.2, 0) is 4.79 Å². The van der Waals surface area contributed by atoms with Crippen molar-refractivity contribution in [3.63, 3.8) is 0 Å². The summed E-state index contributed by atoms with van der Waals surface area (Å²) in [5, 5.41) is 0. The fraction of sp³-hybridized carbons (Fsp3) is 0.889. The fourth-order valence-corrected chi connectivity index (χ4v) is 1.34. The number of carbonyl (C=O) groups excluding carboxylic acids is 1. The van der Waals surface area contributed by atoms with Crippen molar-refractivity contribution in [2.45, 2.75) is 46.0 Å². The Balaban J connectivity index is 0.000000561. The molecule has 0 unspecified atom stereocenters. The van der Waals surface area contributed by atoms with Gasteiger partial charge in [0.05, 0.1) is 0 Å². The summed E-state index contributed by atoms with van der Waals surface area (Å²) in [7, 11) is 0. The van der Waals surface area contributed by atoms with Crippen LogP contribution >= 0.6 is 0 Å². The summed E-state index contributed by atoms with van der Waals surface area (Å²) in [6, 6.07) is 0. The molecule has 0 atom stereocenters. The van der Waals surface area contributed by atoms with Crippen LogP contribution in [0, 0.1) is 5.92 Å². The smallest absolute Gasteiger partial charge is 0.248 e. The maximum atomic E-state index is 12.1. The van der Waals surface area contributed by atoms with Gasteiger partial charge in [-0.2, -0.15) is 0 Å². The Morgan fingerprint density at radius 1 is 1.42 bits per heavy atom. The van der Waals surface area contributed by atoms with Crippen molar-refractivity contribution in [3.05, 3.63) is 0 Å². The molecule has 1 aliphatic carbocycles. The van der Waals surface area contributed by atoms with Crippen molar-refractivity contribution >= 4 is 5.78 Å². The molecule has 0 spiro atoms. The Kier molecular flexibility index (Phi) is 4.35. The van der Waals surface area contributed by atoms with E-state index in [-0.39, 0.29) is 24.5 Å². The molecule has 0 aromatic rings. The predicted molar refractivity (Wildman–Crippen MR) is 44.3 cm³/mol. The lowest BCUT2D eigenvalue weighted by atomic mass is 9.78. The normalized spacial score (nSPS) is 20.4. The Labute approximate surface area is 72.2 Å². The van der Waals surface area contributed by atoms with Crippen molar-refractivity contribution in [2.24, 2.45) is 5.92 Å². The minimum atomic E-state index is -2.47. The van der Waals surface area contributed by atoms with Gasteiger partial charge < -0.3 is 4.79 Å². The first kappa shape index (κ1) is 11.5. The molecular formula is C9H16F2O. The van der Waals surface area contributed by atoms with Crippen LogP contribution in [0.2, 0.25) is 0 Å². The van der Waals surface area contributed by atoms with Gasteiger partial charge in [-0.1, -0.05) is 13.8 Å². The monoisotopic (exact) mass is 178 g/mol. The van der Waals surface area contributed by atoms with E-state index in [1.54, 1.807) is 0 Å². The quantitative estimate of drug-likeness (QED) is 0.635. The lowest BCUT2D eigenvalue weighted by molar-refractivity contribution is -0.130. The zero-order valence-electron chi connectivity index (χ0n) is 7.86. The lowest BCUT2D eigenvalue weighted by Gasteiger charge is -2.34. The van der Waals surface area contributed by atoms with Crippen LogP contribution in [0.5, 0.6) is 0 Å². The molecule has 1 rings (SSSR count). The lowest BCUT2D eigenvalue weighted by Crippen LogP contribution is -2.36. The highest BCUT2D eigenvalue weighted by atomic mass is 19.3. The zero-order chi connectivity index (χ0) is 9.78. The number of carbonyl (C=O) groups is 1. The summed E-state index contributed by atoms with van der Waals surface area (Å²) in [5.41, 5.74) is 0. The minimum Gasteiger partial charge on any atom is -0.300 e.